The van der Waals surface area contributed by atoms with E-state index in [1.54, 1.807) is 7.11 Å². The zero-order valence-corrected chi connectivity index (χ0v) is 11.5. The van der Waals surface area contributed by atoms with Gasteiger partial charge in [0, 0.05) is 12.6 Å². The van der Waals surface area contributed by atoms with Crippen molar-refractivity contribution in [2.75, 3.05) is 7.11 Å². The molecule has 0 aliphatic heterocycles. The number of benzene rings is 2. The molecule has 0 spiro atoms. The topological polar surface area (TPSA) is 45.0 Å². The Bertz CT molecular complexity index is 575. The Labute approximate surface area is 119 Å². The van der Waals surface area contributed by atoms with Crippen LogP contribution in [0.3, 0.4) is 0 Å². The zero-order valence-electron chi connectivity index (χ0n) is 11.5. The first-order valence-corrected chi connectivity index (χ1v) is 6.61. The summed E-state index contributed by atoms with van der Waals surface area (Å²) in [7, 11) is 1.66. The van der Waals surface area contributed by atoms with Crippen molar-refractivity contribution in [1.29, 1.82) is 5.26 Å². The maximum atomic E-state index is 8.97. The highest BCUT2D eigenvalue weighted by Crippen LogP contribution is 2.18. The van der Waals surface area contributed by atoms with Gasteiger partial charge < -0.3 is 10.1 Å². The summed E-state index contributed by atoms with van der Waals surface area (Å²) in [6.07, 6.45) is 0.452. The molecule has 2 aromatic carbocycles. The van der Waals surface area contributed by atoms with Crippen molar-refractivity contribution < 1.29 is 4.74 Å². The Kier molecular flexibility index (Phi) is 5.16. The molecule has 0 heterocycles. The molecule has 20 heavy (non-hydrogen) atoms. The Balaban J connectivity index is 2.04. The fraction of sp³-hybridized carbons (Fsp3) is 0.235. The van der Waals surface area contributed by atoms with Crippen LogP contribution in [0.5, 0.6) is 5.75 Å². The maximum Gasteiger partial charge on any atom is 0.119 e. The van der Waals surface area contributed by atoms with Crippen molar-refractivity contribution >= 4 is 0 Å². The van der Waals surface area contributed by atoms with E-state index in [0.29, 0.717) is 13.0 Å². The predicted molar refractivity (Wildman–Crippen MR) is 79.2 cm³/mol. The molecular weight excluding hydrogens is 248 g/mol. The van der Waals surface area contributed by atoms with Gasteiger partial charge in [0.05, 0.1) is 19.6 Å². The van der Waals surface area contributed by atoms with Crippen molar-refractivity contribution in [2.24, 2.45) is 0 Å². The van der Waals surface area contributed by atoms with Crippen molar-refractivity contribution in [1.82, 2.24) is 5.32 Å². The molecule has 3 heteroatoms. The minimum Gasteiger partial charge on any atom is -0.497 e. The molecule has 0 saturated heterocycles. The Morgan fingerprint density at radius 3 is 2.65 bits per heavy atom. The maximum absolute atomic E-state index is 8.97. The lowest BCUT2D eigenvalue weighted by Gasteiger charge is -2.16. The van der Waals surface area contributed by atoms with Crippen molar-refractivity contribution in [2.45, 2.75) is 19.0 Å². The van der Waals surface area contributed by atoms with Crippen LogP contribution in [0.15, 0.2) is 54.6 Å². The minimum absolute atomic E-state index is 0.0485. The smallest absolute Gasteiger partial charge is 0.119 e. The predicted octanol–water partition coefficient (Wildman–Crippen LogP) is 3.44. The summed E-state index contributed by atoms with van der Waals surface area (Å²) in [5.74, 6) is 0.848. The van der Waals surface area contributed by atoms with Crippen molar-refractivity contribution in [3.63, 3.8) is 0 Å². The van der Waals surface area contributed by atoms with E-state index in [0.717, 1.165) is 16.9 Å². The number of nitrogens with one attached hydrogen (secondary N) is 1. The van der Waals surface area contributed by atoms with Gasteiger partial charge in [-0.1, -0.05) is 42.5 Å². The van der Waals surface area contributed by atoms with Gasteiger partial charge in [-0.25, -0.2) is 0 Å². The van der Waals surface area contributed by atoms with E-state index in [4.69, 9.17) is 10.00 Å². The first-order chi connectivity index (χ1) is 9.83. The van der Waals surface area contributed by atoms with Crippen LogP contribution in [-0.2, 0) is 6.54 Å². The first kappa shape index (κ1) is 14.1. The fourth-order valence-corrected chi connectivity index (χ4v) is 2.11. The van der Waals surface area contributed by atoms with Crippen LogP contribution in [0.1, 0.15) is 23.6 Å². The Hall–Kier alpha value is -2.31. The van der Waals surface area contributed by atoms with Gasteiger partial charge in [-0.2, -0.15) is 5.26 Å². The summed E-state index contributed by atoms with van der Waals surface area (Å²) in [4.78, 5) is 0. The van der Waals surface area contributed by atoms with Crippen molar-refractivity contribution in [3.8, 4) is 11.8 Å². The third kappa shape index (κ3) is 3.84. The van der Waals surface area contributed by atoms with E-state index in [9.17, 15) is 0 Å². The second kappa shape index (κ2) is 7.32. The van der Waals surface area contributed by atoms with Gasteiger partial charge in [-0.3, -0.25) is 0 Å². The molecule has 0 fully saturated rings. The number of methoxy groups -OCH3 is 1. The van der Waals surface area contributed by atoms with Crippen LogP contribution in [-0.4, -0.2) is 7.11 Å². The molecule has 3 nitrogen and oxygen atoms in total. The van der Waals surface area contributed by atoms with Crippen LogP contribution < -0.4 is 10.1 Å². The molecule has 2 aromatic rings. The van der Waals surface area contributed by atoms with Crippen molar-refractivity contribution in [3.05, 3.63) is 65.7 Å². The van der Waals surface area contributed by atoms with Gasteiger partial charge >= 0.3 is 0 Å². The Morgan fingerprint density at radius 2 is 1.95 bits per heavy atom. The molecule has 0 saturated carbocycles. The van der Waals surface area contributed by atoms with Gasteiger partial charge in [0.2, 0.25) is 0 Å². The average Bonchev–Trinajstić information content (AvgIpc) is 2.52. The highest BCUT2D eigenvalue weighted by molar-refractivity contribution is 5.28. The molecule has 102 valence electrons. The fourth-order valence-electron chi connectivity index (χ4n) is 2.11. The zero-order chi connectivity index (χ0) is 14.2. The normalized spacial score (nSPS) is 11.6. The Morgan fingerprint density at radius 1 is 1.15 bits per heavy atom. The summed E-state index contributed by atoms with van der Waals surface area (Å²) in [5, 5.41) is 12.4. The van der Waals surface area contributed by atoms with E-state index in [-0.39, 0.29) is 6.04 Å². The largest absolute Gasteiger partial charge is 0.497 e. The first-order valence-electron chi connectivity index (χ1n) is 6.61. The number of hydrogen-bond donors (Lipinski definition) is 1. The molecule has 0 radical (unpaired) electrons. The summed E-state index contributed by atoms with van der Waals surface area (Å²) in [5.41, 5.74) is 2.28. The number of nitrogens with zero attached hydrogens (tertiary/aromatic N) is 1. The molecule has 0 amide bonds. The highest BCUT2D eigenvalue weighted by Gasteiger charge is 2.10. The summed E-state index contributed by atoms with van der Waals surface area (Å²) < 4.78 is 5.21. The quantitative estimate of drug-likeness (QED) is 0.871. The second-order valence-electron chi connectivity index (χ2n) is 4.56. The SMILES string of the molecule is COc1cccc(CNC(CC#N)c2ccccc2)c1. The molecular formula is C17H18N2O. The van der Waals surface area contributed by atoms with Gasteiger partial charge in [-0.15, -0.1) is 0 Å². The summed E-state index contributed by atoms with van der Waals surface area (Å²) in [6.45, 7) is 0.707. The van der Waals surface area contributed by atoms with Gasteiger partial charge in [0.25, 0.3) is 0 Å². The van der Waals surface area contributed by atoms with Crippen LogP contribution in [0.2, 0.25) is 0 Å². The lowest BCUT2D eigenvalue weighted by Crippen LogP contribution is -2.20. The summed E-state index contributed by atoms with van der Waals surface area (Å²) in [6, 6.07) is 20.3. The van der Waals surface area contributed by atoms with Crippen LogP contribution in [0.25, 0.3) is 0 Å². The molecule has 2 rings (SSSR count). The number of nitriles is 1. The number of ether oxygens (including phenoxy) is 1. The van der Waals surface area contributed by atoms with E-state index in [1.165, 1.54) is 0 Å². The highest BCUT2D eigenvalue weighted by atomic mass is 16.5. The molecule has 0 aliphatic rings. The third-order valence-corrected chi connectivity index (χ3v) is 3.18. The lowest BCUT2D eigenvalue weighted by molar-refractivity contribution is 0.413. The standard InChI is InChI=1S/C17H18N2O/c1-20-16-9-5-6-14(12-16)13-19-17(10-11-18)15-7-3-2-4-8-15/h2-9,12,17,19H,10,13H2,1H3. The molecule has 1 N–H and O–H groups in total. The van der Waals surface area contributed by atoms with E-state index in [2.05, 4.69) is 11.4 Å². The molecule has 0 aromatic heterocycles. The van der Waals surface area contributed by atoms with E-state index < -0.39 is 0 Å². The summed E-state index contributed by atoms with van der Waals surface area (Å²) >= 11 is 0. The van der Waals surface area contributed by atoms with Crippen LogP contribution in [0, 0.1) is 11.3 Å². The molecule has 1 atom stereocenters. The van der Waals surface area contributed by atoms with Gasteiger partial charge in [0.15, 0.2) is 0 Å². The monoisotopic (exact) mass is 266 g/mol. The second-order valence-corrected chi connectivity index (χ2v) is 4.56. The molecule has 0 aliphatic carbocycles. The third-order valence-electron chi connectivity index (χ3n) is 3.18. The number of hydrogen-bond acceptors (Lipinski definition) is 3. The van der Waals surface area contributed by atoms with Gasteiger partial charge in [-0.05, 0) is 23.3 Å². The van der Waals surface area contributed by atoms with Crippen LogP contribution >= 0.6 is 0 Å². The average molecular weight is 266 g/mol. The van der Waals surface area contributed by atoms with Crippen LogP contribution in [0.4, 0.5) is 0 Å². The minimum atomic E-state index is 0.0485. The van der Waals surface area contributed by atoms with Gasteiger partial charge in [0.1, 0.15) is 5.75 Å². The molecule has 1 unspecified atom stereocenters. The molecule has 0 bridgehead atoms. The number of rotatable bonds is 6. The van der Waals surface area contributed by atoms with E-state index in [1.807, 2.05) is 54.6 Å². The van der Waals surface area contributed by atoms with E-state index >= 15 is 0 Å². The lowest BCUT2D eigenvalue weighted by atomic mass is 10.0.